The van der Waals surface area contributed by atoms with Gasteiger partial charge in [0.05, 0.1) is 9.53 Å². The minimum absolute atomic E-state index is 0.153. The van der Waals surface area contributed by atoms with Crippen LogP contribution >= 0.6 is 38.9 Å². The molecule has 19 heavy (non-hydrogen) atoms. The maximum atomic E-state index is 13.6. The molecule has 0 bridgehead atoms. The van der Waals surface area contributed by atoms with Crippen LogP contribution in [0.25, 0.3) is 10.2 Å². The fourth-order valence-corrected chi connectivity index (χ4v) is 2.79. The second-order valence-corrected chi connectivity index (χ2v) is 6.84. The van der Waals surface area contributed by atoms with Gasteiger partial charge in [0.1, 0.15) is 5.52 Å². The lowest BCUT2D eigenvalue weighted by Crippen LogP contribution is -2.26. The number of amides is 1. The Morgan fingerprint density at radius 2 is 2.21 bits per heavy atom. The number of anilines is 1. The molecule has 2 aromatic rings. The number of nitrogens with one attached hydrogen (secondary N) is 1. The van der Waals surface area contributed by atoms with Crippen molar-refractivity contribution in [3.63, 3.8) is 0 Å². The average Bonchev–Trinajstić information content (AvgIpc) is 2.70. The van der Waals surface area contributed by atoms with E-state index in [1.54, 1.807) is 6.07 Å². The van der Waals surface area contributed by atoms with Crippen molar-refractivity contribution in [1.82, 2.24) is 4.98 Å². The standard InChI is InChI=1S/C12H11BrClFN2OS/c1-5(2)9(13)11(18)17-12-16-10-7(15)3-6(14)4-8(10)19-12/h3-5,9H,1-2H3,(H,16,17,18)/t9-/m0/s1. The zero-order chi connectivity index (χ0) is 14.2. The predicted molar refractivity (Wildman–Crippen MR) is 80.8 cm³/mol. The molecule has 0 radical (unpaired) electrons. The summed E-state index contributed by atoms with van der Waals surface area (Å²) >= 11 is 10.3. The third-order valence-corrected chi connectivity index (χ3v) is 5.09. The Kier molecular flexibility index (Phi) is 4.43. The molecule has 3 nitrogen and oxygen atoms in total. The first-order chi connectivity index (χ1) is 8.88. The zero-order valence-electron chi connectivity index (χ0n) is 10.2. The average molecular weight is 366 g/mol. The molecule has 0 aliphatic heterocycles. The summed E-state index contributed by atoms with van der Waals surface area (Å²) in [5, 5.41) is 3.35. The van der Waals surface area contributed by atoms with Crippen molar-refractivity contribution in [2.75, 3.05) is 5.32 Å². The van der Waals surface area contributed by atoms with Crippen LogP contribution in [0.4, 0.5) is 9.52 Å². The first kappa shape index (κ1) is 14.7. The minimum atomic E-state index is -0.487. The molecule has 0 aliphatic carbocycles. The lowest BCUT2D eigenvalue weighted by molar-refractivity contribution is -0.116. The van der Waals surface area contributed by atoms with E-state index in [9.17, 15) is 9.18 Å². The van der Waals surface area contributed by atoms with Crippen LogP contribution in [0.15, 0.2) is 12.1 Å². The van der Waals surface area contributed by atoms with E-state index in [4.69, 9.17) is 11.6 Å². The number of hydrogen-bond acceptors (Lipinski definition) is 3. The van der Waals surface area contributed by atoms with Gasteiger partial charge in [-0.15, -0.1) is 0 Å². The summed E-state index contributed by atoms with van der Waals surface area (Å²) in [5.41, 5.74) is 0.223. The van der Waals surface area contributed by atoms with Crippen molar-refractivity contribution in [3.8, 4) is 0 Å². The molecule has 1 aromatic carbocycles. The normalized spacial score (nSPS) is 12.9. The Balaban J connectivity index is 2.27. The topological polar surface area (TPSA) is 42.0 Å². The van der Waals surface area contributed by atoms with Gasteiger partial charge >= 0.3 is 0 Å². The lowest BCUT2D eigenvalue weighted by atomic mass is 10.1. The van der Waals surface area contributed by atoms with E-state index in [1.807, 2.05) is 13.8 Å². The number of benzene rings is 1. The summed E-state index contributed by atoms with van der Waals surface area (Å²) in [7, 11) is 0. The van der Waals surface area contributed by atoms with E-state index in [-0.39, 0.29) is 22.2 Å². The van der Waals surface area contributed by atoms with Gasteiger partial charge in [0, 0.05) is 5.02 Å². The van der Waals surface area contributed by atoms with Gasteiger partial charge in [-0.05, 0) is 18.1 Å². The second kappa shape index (κ2) is 5.73. The molecule has 1 N–H and O–H groups in total. The highest BCUT2D eigenvalue weighted by Crippen LogP contribution is 2.31. The number of aromatic nitrogens is 1. The third kappa shape index (κ3) is 3.24. The molecule has 0 saturated carbocycles. The van der Waals surface area contributed by atoms with E-state index < -0.39 is 5.82 Å². The number of hydrogen-bond donors (Lipinski definition) is 1. The van der Waals surface area contributed by atoms with Crippen LogP contribution in [0.2, 0.25) is 5.02 Å². The van der Waals surface area contributed by atoms with Crippen molar-refractivity contribution >= 4 is 60.1 Å². The summed E-state index contributed by atoms with van der Waals surface area (Å²) in [5.74, 6) is -0.528. The Morgan fingerprint density at radius 1 is 1.53 bits per heavy atom. The highest BCUT2D eigenvalue weighted by Gasteiger charge is 2.20. The molecule has 1 heterocycles. The van der Waals surface area contributed by atoms with Crippen LogP contribution in [0.1, 0.15) is 13.8 Å². The molecule has 102 valence electrons. The number of nitrogens with zero attached hydrogens (tertiary/aromatic N) is 1. The number of thiazole rings is 1. The van der Waals surface area contributed by atoms with Gasteiger partial charge in [0.25, 0.3) is 0 Å². The first-order valence-electron chi connectivity index (χ1n) is 5.59. The summed E-state index contributed by atoms with van der Waals surface area (Å²) in [6.07, 6.45) is 0. The number of fused-ring (bicyclic) bond motifs is 1. The maximum absolute atomic E-state index is 13.6. The lowest BCUT2D eigenvalue weighted by Gasteiger charge is -2.11. The number of alkyl halides is 1. The smallest absolute Gasteiger partial charge is 0.240 e. The maximum Gasteiger partial charge on any atom is 0.240 e. The van der Waals surface area contributed by atoms with Crippen LogP contribution in [0.3, 0.4) is 0 Å². The van der Waals surface area contributed by atoms with Crippen molar-refractivity contribution < 1.29 is 9.18 Å². The molecule has 0 fully saturated rings. The molecule has 0 aliphatic rings. The second-order valence-electron chi connectivity index (χ2n) is 4.39. The first-order valence-corrected chi connectivity index (χ1v) is 7.70. The summed E-state index contributed by atoms with van der Waals surface area (Å²) in [6, 6.07) is 2.83. The number of carbonyl (C=O) groups excluding carboxylic acids is 1. The summed E-state index contributed by atoms with van der Waals surface area (Å²) in [6.45, 7) is 3.85. The van der Waals surface area contributed by atoms with E-state index in [0.717, 1.165) is 0 Å². The van der Waals surface area contributed by atoms with Gasteiger partial charge in [-0.3, -0.25) is 4.79 Å². The molecular formula is C12H11BrClFN2OS. The van der Waals surface area contributed by atoms with E-state index in [2.05, 4.69) is 26.2 Å². The van der Waals surface area contributed by atoms with E-state index in [1.165, 1.54) is 17.4 Å². The Labute approximate surface area is 127 Å². The van der Waals surface area contributed by atoms with Gasteiger partial charge in [-0.1, -0.05) is 52.7 Å². The zero-order valence-corrected chi connectivity index (χ0v) is 13.4. The molecule has 0 spiro atoms. The van der Waals surface area contributed by atoms with Crippen molar-refractivity contribution in [2.24, 2.45) is 5.92 Å². The Hall–Kier alpha value is -0.720. The van der Waals surface area contributed by atoms with Crippen molar-refractivity contribution in [2.45, 2.75) is 18.7 Å². The van der Waals surface area contributed by atoms with Crippen LogP contribution in [0, 0.1) is 11.7 Å². The summed E-state index contributed by atoms with van der Waals surface area (Å²) in [4.78, 5) is 15.6. The molecule has 0 saturated heterocycles. The summed E-state index contributed by atoms with van der Waals surface area (Å²) < 4.78 is 14.2. The number of rotatable bonds is 3. The molecule has 7 heteroatoms. The minimum Gasteiger partial charge on any atom is -0.301 e. The Morgan fingerprint density at radius 3 is 2.84 bits per heavy atom. The van der Waals surface area contributed by atoms with E-state index >= 15 is 0 Å². The van der Waals surface area contributed by atoms with Crippen molar-refractivity contribution in [3.05, 3.63) is 23.0 Å². The molecule has 1 atom stereocenters. The van der Waals surface area contributed by atoms with Gasteiger partial charge in [-0.25, -0.2) is 9.37 Å². The number of carbonyl (C=O) groups is 1. The largest absolute Gasteiger partial charge is 0.301 e. The van der Waals surface area contributed by atoms with Crippen LogP contribution in [-0.4, -0.2) is 15.7 Å². The molecular weight excluding hydrogens is 355 g/mol. The number of halogens is 3. The fourth-order valence-electron chi connectivity index (χ4n) is 1.49. The molecule has 1 aromatic heterocycles. The van der Waals surface area contributed by atoms with Gasteiger partial charge in [-0.2, -0.15) is 0 Å². The Bertz CT molecular complexity index is 631. The van der Waals surface area contributed by atoms with Gasteiger partial charge in [0.2, 0.25) is 5.91 Å². The van der Waals surface area contributed by atoms with Crippen LogP contribution in [-0.2, 0) is 4.79 Å². The molecule has 0 unspecified atom stereocenters. The quantitative estimate of drug-likeness (QED) is 0.817. The predicted octanol–water partition coefficient (Wildman–Crippen LogP) is 4.45. The van der Waals surface area contributed by atoms with Gasteiger partial charge < -0.3 is 5.32 Å². The fraction of sp³-hybridized carbons (Fsp3) is 0.333. The van der Waals surface area contributed by atoms with E-state index in [0.29, 0.717) is 14.9 Å². The highest BCUT2D eigenvalue weighted by atomic mass is 79.9. The highest BCUT2D eigenvalue weighted by molar-refractivity contribution is 9.10. The SMILES string of the molecule is CC(C)[C@H](Br)C(=O)Nc1nc2c(F)cc(Cl)cc2s1. The van der Waals surface area contributed by atoms with Crippen LogP contribution < -0.4 is 5.32 Å². The van der Waals surface area contributed by atoms with Crippen LogP contribution in [0.5, 0.6) is 0 Å². The molecule has 1 amide bonds. The van der Waals surface area contributed by atoms with Gasteiger partial charge in [0.15, 0.2) is 10.9 Å². The monoisotopic (exact) mass is 364 g/mol. The van der Waals surface area contributed by atoms with Crippen molar-refractivity contribution in [1.29, 1.82) is 0 Å². The molecule has 2 rings (SSSR count). The third-order valence-electron chi connectivity index (χ3n) is 2.48.